The van der Waals surface area contributed by atoms with Crippen LogP contribution in [0.2, 0.25) is 12.1 Å². The molecule has 3 fully saturated rings. The summed E-state index contributed by atoms with van der Waals surface area (Å²) in [5.74, 6) is -3.24. The van der Waals surface area contributed by atoms with Gasteiger partial charge in [-0.2, -0.15) is 0 Å². The number of carboxylic acid groups (broad SMARTS) is 3. The molecular formula is C33H63CrN2O11Si2. The van der Waals surface area contributed by atoms with E-state index in [0.29, 0.717) is 39.1 Å². The van der Waals surface area contributed by atoms with E-state index in [1.165, 1.54) is 0 Å². The van der Waals surface area contributed by atoms with Gasteiger partial charge in [0.1, 0.15) is 0 Å². The molecule has 0 saturated carbocycles. The Balaban J connectivity index is -0.000000543. The molecule has 0 aromatic carbocycles. The molecule has 3 heterocycles. The summed E-state index contributed by atoms with van der Waals surface area (Å²) in [5, 5.41) is 29.9. The Morgan fingerprint density at radius 2 is 0.776 bits per heavy atom. The van der Waals surface area contributed by atoms with Crippen LogP contribution in [0.1, 0.15) is 119 Å². The summed E-state index contributed by atoms with van der Waals surface area (Å²) in [4.78, 5) is 29.9. The van der Waals surface area contributed by atoms with Crippen LogP contribution in [-0.2, 0) is 54.9 Å². The first-order chi connectivity index (χ1) is 22.9. The SMILES string of the molecule is CCCN(CCC)[Si](=O)CCC.CCCN(CCC)[Si](=O)CCC.O=C([O-])C1CCCO1.O=C([O-])C1CCCO1.O=C([O-])C1CCCO1.[Cr+3]. The van der Waals surface area contributed by atoms with Gasteiger partial charge in [-0.3, -0.25) is 0 Å². The molecule has 0 N–H and O–H groups in total. The molecule has 3 unspecified atom stereocenters. The van der Waals surface area contributed by atoms with Crippen LogP contribution in [-0.4, -0.2) is 109 Å². The van der Waals surface area contributed by atoms with Crippen LogP contribution >= 0.6 is 0 Å². The van der Waals surface area contributed by atoms with Gasteiger partial charge < -0.3 is 62.0 Å². The van der Waals surface area contributed by atoms with Gasteiger partial charge in [-0.1, -0.05) is 54.4 Å². The first kappa shape index (κ1) is 51.8. The molecule has 0 amide bonds. The maximum Gasteiger partial charge on any atom is 3.00 e. The van der Waals surface area contributed by atoms with Crippen LogP contribution in [0.25, 0.3) is 0 Å². The molecule has 16 heteroatoms. The van der Waals surface area contributed by atoms with Crippen molar-refractivity contribution in [1.82, 2.24) is 9.13 Å². The fraction of sp³-hybridized carbons (Fsp3) is 0.909. The molecule has 0 spiro atoms. The van der Waals surface area contributed by atoms with E-state index in [1.54, 1.807) is 0 Å². The van der Waals surface area contributed by atoms with Crippen molar-refractivity contribution in [2.45, 2.75) is 149 Å². The van der Waals surface area contributed by atoms with Crippen LogP contribution in [0.3, 0.4) is 0 Å². The summed E-state index contributed by atoms with van der Waals surface area (Å²) in [6, 6.07) is 1.79. The second kappa shape index (κ2) is 34.9. The minimum atomic E-state index is -1.42. The van der Waals surface area contributed by atoms with Gasteiger partial charge in [0.05, 0.1) is 36.2 Å². The van der Waals surface area contributed by atoms with Crippen LogP contribution in [0, 0.1) is 0 Å². The van der Waals surface area contributed by atoms with Crippen LogP contribution < -0.4 is 15.3 Å². The first-order valence-corrected chi connectivity index (χ1v) is 21.1. The maximum absolute atomic E-state index is 11.6. The average Bonchev–Trinajstić information content (AvgIpc) is 3.87. The van der Waals surface area contributed by atoms with E-state index in [1.807, 2.05) is 0 Å². The third kappa shape index (κ3) is 27.8. The topological polar surface area (TPSA) is 189 Å². The normalized spacial score (nSPS) is 18.7. The number of hydrogen-bond donors (Lipinski definition) is 0. The fourth-order valence-corrected chi connectivity index (χ4v) is 8.22. The standard InChI is InChI=1S/2C9H21NOSi.3C5H8O3.Cr/c2*1-4-7-10(8-5-2)12(11)9-6-3;3*6-5(7)4-2-1-3-8-4;/h2*4-9H2,1-3H3;3*4H,1-3H2,(H,6,7);/q;;;;;+3/p-3. The Morgan fingerprint density at radius 1 is 0.531 bits per heavy atom. The molecule has 285 valence electrons. The molecule has 0 aromatic heterocycles. The van der Waals surface area contributed by atoms with Crippen LogP contribution in [0.5, 0.6) is 0 Å². The zero-order valence-electron chi connectivity index (χ0n) is 30.9. The largest absolute Gasteiger partial charge is 3.00 e. The molecule has 1 radical (unpaired) electrons. The Bertz CT molecular complexity index is 768. The number of carbonyl (C=O) groups excluding carboxylic acids is 3. The van der Waals surface area contributed by atoms with Gasteiger partial charge in [0.2, 0.25) is 0 Å². The maximum atomic E-state index is 11.6. The monoisotopic (exact) mass is 771 g/mol. The predicted octanol–water partition coefficient (Wildman–Crippen LogP) is 1.62. The number of rotatable bonds is 17. The molecule has 0 bridgehead atoms. The minimum Gasteiger partial charge on any atom is -0.547 e. The number of aliphatic carboxylic acids is 3. The van der Waals surface area contributed by atoms with Gasteiger partial charge in [-0.15, -0.1) is 0 Å². The van der Waals surface area contributed by atoms with Crippen LogP contribution in [0.4, 0.5) is 0 Å². The van der Waals surface area contributed by atoms with Crippen molar-refractivity contribution in [3.05, 3.63) is 0 Å². The molecule has 3 aliphatic heterocycles. The minimum absolute atomic E-state index is 0. The van der Waals surface area contributed by atoms with E-state index in [4.69, 9.17) is 14.2 Å². The molecule has 0 aromatic rings. The average molecular weight is 772 g/mol. The zero-order chi connectivity index (χ0) is 36.7. The van der Waals surface area contributed by atoms with Gasteiger partial charge in [-0.25, -0.2) is 0 Å². The number of carbonyl (C=O) groups is 3. The summed E-state index contributed by atoms with van der Waals surface area (Å²) in [5.41, 5.74) is 0. The smallest absolute Gasteiger partial charge is 0.547 e. The Hall–Kier alpha value is -1.54. The zero-order valence-corrected chi connectivity index (χ0v) is 34.1. The predicted molar refractivity (Wildman–Crippen MR) is 179 cm³/mol. The molecule has 0 aliphatic carbocycles. The third-order valence-electron chi connectivity index (χ3n) is 7.18. The Morgan fingerprint density at radius 3 is 0.898 bits per heavy atom. The van der Waals surface area contributed by atoms with E-state index in [-0.39, 0.29) is 17.4 Å². The number of nitrogens with zero attached hydrogens (tertiary/aromatic N) is 2. The summed E-state index contributed by atoms with van der Waals surface area (Å²) in [6.07, 6.45) is 9.02. The van der Waals surface area contributed by atoms with Crippen molar-refractivity contribution in [3.8, 4) is 0 Å². The summed E-state index contributed by atoms with van der Waals surface area (Å²) in [6.45, 7) is 18.5. The third-order valence-corrected chi connectivity index (χ3v) is 11.3. The first-order valence-electron chi connectivity index (χ1n) is 18.0. The van der Waals surface area contributed by atoms with E-state index < -0.39 is 53.9 Å². The van der Waals surface area contributed by atoms with Crippen molar-refractivity contribution in [1.29, 1.82) is 0 Å². The van der Waals surface area contributed by atoms with Crippen molar-refractivity contribution in [2.75, 3.05) is 46.0 Å². The molecule has 3 atom stereocenters. The molecule has 3 saturated heterocycles. The second-order valence-corrected chi connectivity index (χ2v) is 15.6. The van der Waals surface area contributed by atoms with Gasteiger partial charge >= 0.3 is 35.1 Å². The van der Waals surface area contributed by atoms with E-state index >= 15 is 0 Å². The van der Waals surface area contributed by atoms with E-state index in [9.17, 15) is 38.6 Å². The second-order valence-electron chi connectivity index (χ2n) is 11.7. The molecule has 13 nitrogen and oxygen atoms in total. The Kier molecular flexibility index (Phi) is 36.9. The number of ether oxygens (including phenoxy) is 3. The number of hydrogen-bond acceptors (Lipinski definition) is 11. The summed E-state index contributed by atoms with van der Waals surface area (Å²) < 4.78 is 41.8. The van der Waals surface area contributed by atoms with E-state index in [2.05, 4.69) is 50.7 Å². The van der Waals surface area contributed by atoms with Gasteiger partial charge in [0, 0.05) is 58.1 Å². The van der Waals surface area contributed by atoms with Crippen LogP contribution in [0.15, 0.2) is 0 Å². The molecular weight excluding hydrogens is 709 g/mol. The summed E-state index contributed by atoms with van der Waals surface area (Å²) >= 11 is 0. The summed E-state index contributed by atoms with van der Waals surface area (Å²) in [7, 11) is -2.84. The van der Waals surface area contributed by atoms with Crippen molar-refractivity contribution in [2.24, 2.45) is 0 Å². The van der Waals surface area contributed by atoms with Gasteiger partial charge in [0.15, 0.2) is 0 Å². The van der Waals surface area contributed by atoms with Crippen molar-refractivity contribution in [3.63, 3.8) is 0 Å². The quantitative estimate of drug-likeness (QED) is 0.194. The van der Waals surface area contributed by atoms with Crippen molar-refractivity contribution < 1.29 is 70.2 Å². The number of carboxylic acids is 3. The van der Waals surface area contributed by atoms with Gasteiger partial charge in [0.25, 0.3) is 0 Å². The van der Waals surface area contributed by atoms with E-state index in [0.717, 1.165) is 96.1 Å². The molecule has 49 heavy (non-hydrogen) atoms. The fourth-order valence-electron chi connectivity index (χ4n) is 4.84. The Labute approximate surface area is 309 Å². The van der Waals surface area contributed by atoms with Gasteiger partial charge in [-0.05, 0) is 64.2 Å². The van der Waals surface area contributed by atoms with Crippen molar-refractivity contribution >= 4 is 35.6 Å². The molecule has 3 aliphatic rings. The molecule has 3 rings (SSSR count).